The summed E-state index contributed by atoms with van der Waals surface area (Å²) in [6, 6.07) is 10.8. The van der Waals surface area contributed by atoms with Crippen molar-refractivity contribution in [2.75, 3.05) is 0 Å². The van der Waals surface area contributed by atoms with Crippen LogP contribution in [0.15, 0.2) is 34.8 Å². The summed E-state index contributed by atoms with van der Waals surface area (Å²) in [5.41, 5.74) is 7.44. The Morgan fingerprint density at radius 3 is 2.61 bits per heavy atom. The highest BCUT2D eigenvalue weighted by atomic mass is 127. The van der Waals surface area contributed by atoms with Crippen molar-refractivity contribution in [3.63, 3.8) is 0 Å². The van der Waals surface area contributed by atoms with Gasteiger partial charge < -0.3 is 5.73 Å². The third kappa shape index (κ3) is 3.15. The maximum Gasteiger partial charge on any atom is 0.0413 e. The molecule has 1 atom stereocenters. The topological polar surface area (TPSA) is 26.0 Å². The smallest absolute Gasteiger partial charge is 0.0413 e. The van der Waals surface area contributed by atoms with E-state index in [1.165, 1.54) is 18.9 Å². The molecular weight excluding hydrogens is 421 g/mol. The summed E-state index contributed by atoms with van der Waals surface area (Å²) < 4.78 is 2.38. The Balaban J connectivity index is 2.38. The lowest BCUT2D eigenvalue weighted by molar-refractivity contribution is 0.521. The second kappa shape index (κ2) is 6.03. The Kier molecular flexibility index (Phi) is 4.86. The summed E-state index contributed by atoms with van der Waals surface area (Å²) in [5.74, 6) is 0.468. The Morgan fingerprint density at radius 1 is 1.22 bits per heavy atom. The van der Waals surface area contributed by atoms with Crippen LogP contribution in [0.25, 0.3) is 10.4 Å². The molecule has 0 spiro atoms. The molecule has 2 N–H and O–H groups in total. The zero-order valence-corrected chi connectivity index (χ0v) is 14.8. The normalized spacial score (nSPS) is 13.0. The van der Waals surface area contributed by atoms with Gasteiger partial charge in [-0.2, -0.15) is 0 Å². The predicted octanol–water partition coefficient (Wildman–Crippen LogP) is 5.44. The maximum absolute atomic E-state index is 6.19. The fourth-order valence-electron chi connectivity index (χ4n) is 1.69. The van der Waals surface area contributed by atoms with Crippen molar-refractivity contribution in [2.45, 2.75) is 19.9 Å². The molecule has 18 heavy (non-hydrogen) atoms. The minimum absolute atomic E-state index is 0.130. The van der Waals surface area contributed by atoms with Crippen molar-refractivity contribution in [1.29, 1.82) is 0 Å². The number of hydrogen-bond donors (Lipinski definition) is 1. The minimum Gasteiger partial charge on any atom is -0.323 e. The van der Waals surface area contributed by atoms with Crippen LogP contribution in [0.4, 0.5) is 0 Å². The molecule has 2 rings (SSSR count). The first-order valence-electron chi connectivity index (χ1n) is 5.79. The van der Waals surface area contributed by atoms with Crippen LogP contribution < -0.4 is 5.73 Å². The molecule has 0 saturated heterocycles. The molecule has 1 nitrogen and oxygen atoms in total. The summed E-state index contributed by atoms with van der Waals surface area (Å²) in [6.07, 6.45) is 0. The molecule has 0 bridgehead atoms. The summed E-state index contributed by atoms with van der Waals surface area (Å²) in [5, 5.41) is 0. The Bertz CT molecular complexity index is 550. The molecule has 1 unspecified atom stereocenters. The van der Waals surface area contributed by atoms with E-state index < -0.39 is 0 Å². The first kappa shape index (κ1) is 14.5. The van der Waals surface area contributed by atoms with E-state index >= 15 is 0 Å². The first-order chi connectivity index (χ1) is 8.49. The SMILES string of the molecule is CC(C)C(N)c1ccc(-c2cc(I)ccc2Br)s1. The van der Waals surface area contributed by atoms with Gasteiger partial charge in [0, 0.05) is 29.4 Å². The third-order valence-electron chi connectivity index (χ3n) is 2.87. The average Bonchev–Trinajstić information content (AvgIpc) is 2.80. The lowest BCUT2D eigenvalue weighted by Crippen LogP contribution is -2.14. The zero-order valence-electron chi connectivity index (χ0n) is 10.3. The standard InChI is InChI=1S/C14H15BrINS/c1-8(2)14(17)13-6-5-12(18-13)10-7-9(16)3-4-11(10)15/h3-8,14H,17H2,1-2H3. The molecule has 4 heteroatoms. The van der Waals surface area contributed by atoms with Crippen LogP contribution in [0.3, 0.4) is 0 Å². The highest BCUT2D eigenvalue weighted by molar-refractivity contribution is 14.1. The summed E-state index contributed by atoms with van der Waals surface area (Å²) in [7, 11) is 0. The van der Waals surface area contributed by atoms with Crippen molar-refractivity contribution < 1.29 is 0 Å². The first-order valence-corrected chi connectivity index (χ1v) is 8.48. The van der Waals surface area contributed by atoms with Gasteiger partial charge in [0.05, 0.1) is 0 Å². The zero-order chi connectivity index (χ0) is 13.3. The largest absolute Gasteiger partial charge is 0.323 e. The monoisotopic (exact) mass is 435 g/mol. The molecule has 0 aliphatic rings. The van der Waals surface area contributed by atoms with Crippen molar-refractivity contribution in [3.8, 4) is 10.4 Å². The van der Waals surface area contributed by atoms with E-state index in [2.05, 4.69) is 82.7 Å². The second-order valence-corrected chi connectivity index (χ2v) is 7.81. The highest BCUT2D eigenvalue weighted by Crippen LogP contribution is 2.37. The molecule has 0 fully saturated rings. The van der Waals surface area contributed by atoms with Crippen molar-refractivity contribution in [1.82, 2.24) is 0 Å². The average molecular weight is 436 g/mol. The molecule has 0 saturated carbocycles. The van der Waals surface area contributed by atoms with E-state index in [4.69, 9.17) is 5.73 Å². The lowest BCUT2D eigenvalue weighted by Gasteiger charge is -2.13. The number of nitrogens with two attached hydrogens (primary N) is 1. The van der Waals surface area contributed by atoms with Gasteiger partial charge in [-0.15, -0.1) is 11.3 Å². The van der Waals surface area contributed by atoms with E-state index in [9.17, 15) is 0 Å². The van der Waals surface area contributed by atoms with Gasteiger partial charge in [0.15, 0.2) is 0 Å². The van der Waals surface area contributed by atoms with E-state index in [0.29, 0.717) is 5.92 Å². The van der Waals surface area contributed by atoms with Crippen molar-refractivity contribution >= 4 is 49.9 Å². The quantitative estimate of drug-likeness (QED) is 0.638. The van der Waals surface area contributed by atoms with Gasteiger partial charge in [-0.3, -0.25) is 0 Å². The number of rotatable bonds is 3. The highest BCUT2D eigenvalue weighted by Gasteiger charge is 2.14. The maximum atomic E-state index is 6.19. The number of benzene rings is 1. The Hall–Kier alpha value is 0.0900. The van der Waals surface area contributed by atoms with Crippen LogP contribution in [0.2, 0.25) is 0 Å². The van der Waals surface area contributed by atoms with Gasteiger partial charge in [0.25, 0.3) is 0 Å². The number of halogens is 2. The molecule has 0 aliphatic heterocycles. The van der Waals surface area contributed by atoms with Crippen LogP contribution in [0, 0.1) is 9.49 Å². The molecule has 1 aromatic carbocycles. The fraction of sp³-hybridized carbons (Fsp3) is 0.286. The summed E-state index contributed by atoms with van der Waals surface area (Å²) >= 11 is 7.74. The van der Waals surface area contributed by atoms with Crippen LogP contribution in [-0.4, -0.2) is 0 Å². The van der Waals surface area contributed by atoms with Crippen LogP contribution in [-0.2, 0) is 0 Å². The molecule has 1 heterocycles. The fourth-order valence-corrected chi connectivity index (χ4v) is 3.99. The van der Waals surface area contributed by atoms with Gasteiger partial charge in [-0.1, -0.05) is 29.8 Å². The van der Waals surface area contributed by atoms with Crippen molar-refractivity contribution in [2.24, 2.45) is 11.7 Å². The van der Waals surface area contributed by atoms with Crippen LogP contribution >= 0.6 is 49.9 Å². The third-order valence-corrected chi connectivity index (χ3v) is 5.45. The predicted molar refractivity (Wildman–Crippen MR) is 91.9 cm³/mol. The molecule has 2 aromatic rings. The van der Waals surface area contributed by atoms with Crippen LogP contribution in [0.5, 0.6) is 0 Å². The van der Waals surface area contributed by atoms with Crippen molar-refractivity contribution in [3.05, 3.63) is 43.3 Å². The molecule has 0 radical (unpaired) electrons. The number of thiophene rings is 1. The van der Waals surface area contributed by atoms with E-state index in [1.807, 2.05) is 0 Å². The van der Waals surface area contributed by atoms with Gasteiger partial charge in [0.1, 0.15) is 0 Å². The lowest BCUT2D eigenvalue weighted by atomic mass is 10.0. The summed E-state index contributed by atoms with van der Waals surface area (Å²) in [4.78, 5) is 2.53. The number of hydrogen-bond acceptors (Lipinski definition) is 2. The molecular formula is C14H15BrINS. The Morgan fingerprint density at radius 2 is 1.94 bits per heavy atom. The summed E-state index contributed by atoms with van der Waals surface area (Å²) in [6.45, 7) is 4.32. The van der Waals surface area contributed by atoms with Gasteiger partial charge in [-0.25, -0.2) is 0 Å². The Labute approximate surface area is 134 Å². The van der Waals surface area contributed by atoms with Gasteiger partial charge >= 0.3 is 0 Å². The van der Waals surface area contributed by atoms with E-state index in [0.717, 1.165) is 4.47 Å². The van der Waals surface area contributed by atoms with Gasteiger partial charge in [-0.05, 0) is 58.8 Å². The molecule has 0 amide bonds. The van der Waals surface area contributed by atoms with E-state index in [-0.39, 0.29) is 6.04 Å². The van der Waals surface area contributed by atoms with Crippen LogP contribution in [0.1, 0.15) is 24.8 Å². The van der Waals surface area contributed by atoms with Gasteiger partial charge in [0.2, 0.25) is 0 Å². The molecule has 1 aromatic heterocycles. The van der Waals surface area contributed by atoms with E-state index in [1.54, 1.807) is 11.3 Å². The minimum atomic E-state index is 0.130. The molecule has 96 valence electrons. The molecule has 0 aliphatic carbocycles. The second-order valence-electron chi connectivity index (χ2n) is 4.60.